The van der Waals surface area contributed by atoms with Crippen LogP contribution in [0.1, 0.15) is 12.1 Å². The van der Waals surface area contributed by atoms with Crippen molar-refractivity contribution >= 4 is 21.1 Å². The monoisotopic (exact) mass is 280 g/mol. The van der Waals surface area contributed by atoms with E-state index < -0.39 is 10.0 Å². The van der Waals surface area contributed by atoms with E-state index in [0.717, 1.165) is 16.7 Å². The maximum atomic E-state index is 10.7. The van der Waals surface area contributed by atoms with Crippen LogP contribution in [-0.4, -0.2) is 30.7 Å². The Hall–Kier alpha value is -1.57. The minimum atomic E-state index is -3.37. The maximum absolute atomic E-state index is 10.7. The minimum Gasteiger partial charge on any atom is -0.311 e. The van der Waals surface area contributed by atoms with Gasteiger partial charge in [0.05, 0.1) is 28.7 Å². The summed E-state index contributed by atoms with van der Waals surface area (Å²) in [5.41, 5.74) is 2.54. The molecule has 19 heavy (non-hydrogen) atoms. The van der Waals surface area contributed by atoms with Crippen molar-refractivity contribution in [2.75, 3.05) is 12.3 Å². The summed E-state index contributed by atoms with van der Waals surface area (Å²) in [6, 6.07) is 7.65. The highest BCUT2D eigenvalue weighted by atomic mass is 32.2. The fourth-order valence-corrected chi connectivity index (χ4v) is 2.24. The van der Waals surface area contributed by atoms with Gasteiger partial charge in [-0.1, -0.05) is 12.1 Å². The zero-order valence-corrected chi connectivity index (χ0v) is 11.2. The lowest BCUT2D eigenvalue weighted by molar-refractivity contribution is 0.590. The second-order valence-corrected chi connectivity index (χ2v) is 5.98. The van der Waals surface area contributed by atoms with Gasteiger partial charge in [-0.25, -0.2) is 18.5 Å². The van der Waals surface area contributed by atoms with E-state index in [-0.39, 0.29) is 5.75 Å². The molecule has 0 aliphatic heterocycles. The molecular formula is C12H16N4O2S. The highest BCUT2D eigenvalue weighted by Gasteiger charge is 2.02. The Kier molecular flexibility index (Phi) is 4.41. The molecule has 2 rings (SSSR count). The number of para-hydroxylation sites is 2. The van der Waals surface area contributed by atoms with Crippen molar-refractivity contribution in [2.45, 2.75) is 13.0 Å². The molecule has 0 saturated heterocycles. The predicted octanol–water partition coefficient (Wildman–Crippen LogP) is 0.398. The van der Waals surface area contributed by atoms with Crippen molar-refractivity contribution in [1.29, 1.82) is 0 Å². The number of fused-ring (bicyclic) bond motifs is 1. The summed E-state index contributed by atoms with van der Waals surface area (Å²) >= 11 is 0. The van der Waals surface area contributed by atoms with Crippen molar-refractivity contribution in [1.82, 2.24) is 15.3 Å². The summed E-state index contributed by atoms with van der Waals surface area (Å²) < 4.78 is 21.5. The average molecular weight is 280 g/mol. The van der Waals surface area contributed by atoms with Crippen LogP contribution in [0.3, 0.4) is 0 Å². The molecule has 1 aromatic carbocycles. The second kappa shape index (κ2) is 6.05. The number of nitrogens with one attached hydrogen (secondary N) is 1. The van der Waals surface area contributed by atoms with Gasteiger partial charge >= 0.3 is 0 Å². The number of nitrogens with zero attached hydrogens (tertiary/aromatic N) is 2. The van der Waals surface area contributed by atoms with Crippen LogP contribution in [-0.2, 0) is 16.6 Å². The Balaban J connectivity index is 1.85. The molecule has 6 nitrogen and oxygen atoms in total. The molecule has 0 unspecified atom stereocenters. The number of hydrogen-bond donors (Lipinski definition) is 2. The molecule has 3 N–H and O–H groups in total. The molecule has 0 spiro atoms. The van der Waals surface area contributed by atoms with Gasteiger partial charge in [-0.2, -0.15) is 0 Å². The first-order chi connectivity index (χ1) is 9.04. The van der Waals surface area contributed by atoms with Crippen molar-refractivity contribution < 1.29 is 8.42 Å². The van der Waals surface area contributed by atoms with Gasteiger partial charge in [0.1, 0.15) is 0 Å². The molecule has 1 aromatic heterocycles. The van der Waals surface area contributed by atoms with Gasteiger partial charge < -0.3 is 5.32 Å². The van der Waals surface area contributed by atoms with Gasteiger partial charge in [0.15, 0.2) is 0 Å². The number of rotatable bonds is 6. The topological polar surface area (TPSA) is 98.0 Å². The first-order valence-corrected chi connectivity index (χ1v) is 7.68. The van der Waals surface area contributed by atoms with E-state index >= 15 is 0 Å². The fraction of sp³-hybridized carbons (Fsp3) is 0.333. The minimum absolute atomic E-state index is 0.0105. The average Bonchev–Trinajstić information content (AvgIpc) is 2.37. The summed E-state index contributed by atoms with van der Waals surface area (Å²) in [5.74, 6) is -0.0105. The number of primary sulfonamides is 1. The van der Waals surface area contributed by atoms with Crippen LogP contribution in [0.25, 0.3) is 11.0 Å². The van der Waals surface area contributed by atoms with Gasteiger partial charge in [0.2, 0.25) is 10.0 Å². The Morgan fingerprint density at radius 3 is 2.68 bits per heavy atom. The number of benzene rings is 1. The van der Waals surface area contributed by atoms with Gasteiger partial charge in [0.25, 0.3) is 0 Å². The molecular weight excluding hydrogens is 264 g/mol. The Morgan fingerprint density at radius 1 is 1.21 bits per heavy atom. The maximum Gasteiger partial charge on any atom is 0.209 e. The summed E-state index contributed by atoms with van der Waals surface area (Å²) in [4.78, 5) is 8.75. The molecule has 0 aliphatic rings. The zero-order chi connectivity index (χ0) is 13.7. The molecule has 0 radical (unpaired) electrons. The van der Waals surface area contributed by atoms with Crippen LogP contribution in [0.5, 0.6) is 0 Å². The molecule has 7 heteroatoms. The third-order valence-corrected chi connectivity index (χ3v) is 3.44. The van der Waals surface area contributed by atoms with E-state index in [0.29, 0.717) is 19.5 Å². The van der Waals surface area contributed by atoms with Gasteiger partial charge in [-0.05, 0) is 25.1 Å². The Morgan fingerprint density at radius 2 is 1.95 bits per heavy atom. The number of nitrogens with two attached hydrogens (primary N) is 1. The van der Waals surface area contributed by atoms with Crippen molar-refractivity contribution in [3.63, 3.8) is 0 Å². The van der Waals surface area contributed by atoms with E-state index in [1.807, 2.05) is 24.3 Å². The number of hydrogen-bond acceptors (Lipinski definition) is 5. The quantitative estimate of drug-likeness (QED) is 0.746. The van der Waals surface area contributed by atoms with Crippen molar-refractivity contribution in [3.05, 3.63) is 36.2 Å². The third kappa shape index (κ3) is 4.55. The molecule has 0 aliphatic carbocycles. The normalized spacial score (nSPS) is 11.8. The molecule has 0 fully saturated rings. The Labute approximate surface area is 112 Å². The first kappa shape index (κ1) is 13.9. The largest absolute Gasteiger partial charge is 0.311 e. The van der Waals surface area contributed by atoms with Crippen LogP contribution in [0.2, 0.25) is 0 Å². The molecule has 0 bridgehead atoms. The van der Waals surface area contributed by atoms with Crippen LogP contribution < -0.4 is 10.5 Å². The predicted molar refractivity (Wildman–Crippen MR) is 73.8 cm³/mol. The molecule has 0 atom stereocenters. The molecule has 2 aromatic rings. The fourth-order valence-electron chi connectivity index (χ4n) is 1.70. The van der Waals surface area contributed by atoms with Crippen LogP contribution in [0.15, 0.2) is 30.5 Å². The van der Waals surface area contributed by atoms with Crippen molar-refractivity contribution in [3.8, 4) is 0 Å². The molecule has 102 valence electrons. The lowest BCUT2D eigenvalue weighted by Gasteiger charge is -2.04. The van der Waals surface area contributed by atoms with Gasteiger partial charge in [0, 0.05) is 6.54 Å². The third-order valence-electron chi connectivity index (χ3n) is 2.59. The highest BCUT2D eigenvalue weighted by Crippen LogP contribution is 2.08. The number of aromatic nitrogens is 2. The van der Waals surface area contributed by atoms with E-state index in [1.165, 1.54) is 0 Å². The summed E-state index contributed by atoms with van der Waals surface area (Å²) in [7, 11) is -3.37. The van der Waals surface area contributed by atoms with Crippen molar-refractivity contribution in [2.24, 2.45) is 5.14 Å². The molecule has 0 saturated carbocycles. The second-order valence-electron chi connectivity index (χ2n) is 4.25. The lowest BCUT2D eigenvalue weighted by atomic mass is 10.3. The van der Waals surface area contributed by atoms with E-state index in [1.54, 1.807) is 6.20 Å². The summed E-state index contributed by atoms with van der Waals surface area (Å²) in [5, 5.41) is 8.03. The first-order valence-electron chi connectivity index (χ1n) is 5.96. The molecule has 0 amide bonds. The van der Waals surface area contributed by atoms with Crippen LogP contribution in [0.4, 0.5) is 0 Å². The SMILES string of the molecule is NS(=O)(=O)CCCNCc1cnc2ccccc2n1. The summed E-state index contributed by atoms with van der Waals surface area (Å²) in [6.45, 7) is 1.13. The Bertz CT molecular complexity index is 658. The van der Waals surface area contributed by atoms with E-state index in [2.05, 4.69) is 15.3 Å². The standard InChI is InChI=1S/C12H16N4O2S/c13-19(17,18)7-3-6-14-8-10-9-15-11-4-1-2-5-12(11)16-10/h1-2,4-5,9,14H,3,6-8H2,(H2,13,17,18). The lowest BCUT2D eigenvalue weighted by Crippen LogP contribution is -2.22. The number of sulfonamides is 1. The zero-order valence-electron chi connectivity index (χ0n) is 10.4. The highest BCUT2D eigenvalue weighted by molar-refractivity contribution is 7.89. The molecule has 1 heterocycles. The van der Waals surface area contributed by atoms with E-state index in [4.69, 9.17) is 5.14 Å². The van der Waals surface area contributed by atoms with Crippen LogP contribution in [0, 0.1) is 0 Å². The van der Waals surface area contributed by atoms with Gasteiger partial charge in [-0.3, -0.25) is 4.98 Å². The van der Waals surface area contributed by atoms with E-state index in [9.17, 15) is 8.42 Å². The summed E-state index contributed by atoms with van der Waals surface area (Å²) in [6.07, 6.45) is 2.20. The van der Waals surface area contributed by atoms with Crippen LogP contribution >= 0.6 is 0 Å². The smallest absolute Gasteiger partial charge is 0.209 e. The van der Waals surface area contributed by atoms with Gasteiger partial charge in [-0.15, -0.1) is 0 Å².